The lowest BCUT2D eigenvalue weighted by Crippen LogP contribution is -2.70. The van der Waals surface area contributed by atoms with E-state index in [1.54, 1.807) is 29.2 Å². The van der Waals surface area contributed by atoms with Gasteiger partial charge in [-0.25, -0.2) is 14.0 Å². The first-order valence-electron chi connectivity index (χ1n) is 26.6. The molecule has 13 nitrogen and oxygen atoms in total. The smallest absolute Gasteiger partial charge is 0.412 e. The average molecular weight is 998 g/mol. The number of nitrogens with zero attached hydrogens (tertiary/aromatic N) is 2. The number of benzene rings is 3. The number of carbonyl (C=O) groups is 2. The number of unbranched alkanes of at least 4 members (excludes halogenated alkanes) is 11. The Labute approximate surface area is 427 Å². The molecule has 0 bridgehead atoms. The van der Waals surface area contributed by atoms with Gasteiger partial charge in [0.15, 0.2) is 0 Å². The van der Waals surface area contributed by atoms with Crippen molar-refractivity contribution < 1.29 is 52.7 Å². The molecule has 1 saturated carbocycles. The Kier molecular flexibility index (Phi) is 23.4. The SMILES string of the molecule is C=CCOC12Oc3ccc(OC(=O)NCCCCCCCCCCCC)cc3C3C(CCCCO)C(CCCCO)C=C(C(=NOC)CC1N(Cc1ccc(F)cc1)C(=O)OCCOCc1ccccc1)C32. The lowest BCUT2D eigenvalue weighted by molar-refractivity contribution is -0.256. The second-order valence-electron chi connectivity index (χ2n) is 19.4. The molecule has 6 unspecified atom stereocenters. The molecule has 6 rings (SSSR count). The summed E-state index contributed by atoms with van der Waals surface area (Å²) in [6, 6.07) is 20.2. The van der Waals surface area contributed by atoms with E-state index in [0.717, 1.165) is 61.6 Å². The van der Waals surface area contributed by atoms with Gasteiger partial charge in [-0.1, -0.05) is 137 Å². The fraction of sp³-hybridized carbons (Fsp3) is 0.569. The number of oxime groups is 1. The number of hydrogen-bond donors (Lipinski definition) is 3. The summed E-state index contributed by atoms with van der Waals surface area (Å²) >= 11 is 0. The van der Waals surface area contributed by atoms with E-state index in [1.165, 1.54) is 64.2 Å². The number of aliphatic hydroxyl groups excluding tert-OH is 2. The highest BCUT2D eigenvalue weighted by Gasteiger charge is 2.65. The molecule has 2 amide bonds. The molecule has 1 aliphatic heterocycles. The van der Waals surface area contributed by atoms with Crippen LogP contribution in [0, 0.1) is 23.6 Å². The summed E-state index contributed by atoms with van der Waals surface area (Å²) in [5, 5.41) is 27.6. The molecule has 14 heteroatoms. The van der Waals surface area contributed by atoms with Crippen molar-refractivity contribution in [2.24, 2.45) is 22.9 Å². The lowest BCUT2D eigenvalue weighted by Gasteiger charge is -2.59. The highest BCUT2D eigenvalue weighted by atomic mass is 19.1. The summed E-state index contributed by atoms with van der Waals surface area (Å²) in [5.41, 5.74) is 3.90. The maximum absolute atomic E-state index is 14.8. The topological polar surface area (TPSA) is 158 Å². The molecule has 1 heterocycles. The van der Waals surface area contributed by atoms with Gasteiger partial charge in [-0.3, -0.25) is 4.90 Å². The summed E-state index contributed by atoms with van der Waals surface area (Å²) in [6.07, 6.45) is 19.0. The first-order chi connectivity index (χ1) is 35.3. The van der Waals surface area contributed by atoms with Crippen molar-refractivity contribution in [2.45, 2.75) is 147 Å². The zero-order valence-corrected chi connectivity index (χ0v) is 42.8. The normalized spacial score (nSPS) is 21.4. The van der Waals surface area contributed by atoms with Gasteiger partial charge in [0, 0.05) is 44.2 Å². The molecule has 2 aliphatic carbocycles. The predicted octanol–water partition coefficient (Wildman–Crippen LogP) is 12.0. The van der Waals surface area contributed by atoms with Crippen LogP contribution in [0.15, 0.2) is 102 Å². The number of hydrogen-bond acceptors (Lipinski definition) is 11. The largest absolute Gasteiger partial charge is 0.459 e. The summed E-state index contributed by atoms with van der Waals surface area (Å²) in [5.74, 6) is -2.15. The first-order valence-corrected chi connectivity index (χ1v) is 26.6. The number of fused-ring (bicyclic) bond motifs is 2. The van der Waals surface area contributed by atoms with E-state index in [-0.39, 0.29) is 63.8 Å². The Morgan fingerprint density at radius 2 is 1.58 bits per heavy atom. The minimum Gasteiger partial charge on any atom is -0.459 e. The molecule has 0 radical (unpaired) electrons. The second-order valence-corrected chi connectivity index (χ2v) is 19.4. The predicted molar refractivity (Wildman–Crippen MR) is 277 cm³/mol. The van der Waals surface area contributed by atoms with Gasteiger partial charge in [0.2, 0.25) is 5.79 Å². The molecular weight excluding hydrogens is 918 g/mol. The van der Waals surface area contributed by atoms with E-state index in [2.05, 4.69) is 30.1 Å². The monoisotopic (exact) mass is 998 g/mol. The van der Waals surface area contributed by atoms with Crippen molar-refractivity contribution in [3.63, 3.8) is 0 Å². The van der Waals surface area contributed by atoms with E-state index in [9.17, 15) is 24.2 Å². The molecule has 3 N–H and O–H groups in total. The maximum atomic E-state index is 14.8. The number of aliphatic hydroxyl groups is 2. The Morgan fingerprint density at radius 3 is 2.28 bits per heavy atom. The van der Waals surface area contributed by atoms with Crippen molar-refractivity contribution in [3.8, 4) is 11.5 Å². The number of amides is 2. The van der Waals surface area contributed by atoms with Crippen LogP contribution in [0.5, 0.6) is 11.5 Å². The molecular formula is C58H80FN3O10. The number of allylic oxidation sites excluding steroid dienone is 1. The molecule has 72 heavy (non-hydrogen) atoms. The Morgan fingerprint density at radius 1 is 0.875 bits per heavy atom. The maximum Gasteiger partial charge on any atom is 0.412 e. The zero-order chi connectivity index (χ0) is 51.0. The van der Waals surface area contributed by atoms with Gasteiger partial charge in [-0.15, -0.1) is 6.58 Å². The van der Waals surface area contributed by atoms with Crippen LogP contribution in [0.4, 0.5) is 14.0 Å². The minimum absolute atomic E-state index is 0.00162. The third-order valence-electron chi connectivity index (χ3n) is 14.3. The number of rotatable bonds is 32. The van der Waals surface area contributed by atoms with Gasteiger partial charge < -0.3 is 44.1 Å². The number of halogens is 1. The van der Waals surface area contributed by atoms with Crippen LogP contribution in [0.2, 0.25) is 0 Å². The van der Waals surface area contributed by atoms with Crippen molar-refractivity contribution >= 4 is 17.9 Å². The molecule has 3 aliphatic rings. The summed E-state index contributed by atoms with van der Waals surface area (Å²) < 4.78 is 46.7. The zero-order valence-electron chi connectivity index (χ0n) is 42.8. The number of carbonyl (C=O) groups excluding carboxylic acids is 2. The van der Waals surface area contributed by atoms with Crippen LogP contribution in [-0.2, 0) is 32.2 Å². The van der Waals surface area contributed by atoms with Crippen molar-refractivity contribution in [1.82, 2.24) is 10.2 Å². The van der Waals surface area contributed by atoms with E-state index >= 15 is 0 Å². The van der Waals surface area contributed by atoms with Crippen molar-refractivity contribution in [2.75, 3.05) is 46.7 Å². The molecule has 1 fully saturated rings. The molecule has 6 atom stereocenters. The third kappa shape index (κ3) is 15.6. The van der Waals surface area contributed by atoms with E-state index in [0.29, 0.717) is 48.8 Å². The Balaban J connectivity index is 1.36. The van der Waals surface area contributed by atoms with Gasteiger partial charge in [-0.2, -0.15) is 0 Å². The van der Waals surface area contributed by atoms with Gasteiger partial charge in [-0.05, 0) is 91.0 Å². The number of ether oxygens (including phenoxy) is 5. The second kappa shape index (κ2) is 30.0. The fourth-order valence-electron chi connectivity index (χ4n) is 10.9. The minimum atomic E-state index is -1.58. The fourth-order valence-corrected chi connectivity index (χ4v) is 10.9. The van der Waals surface area contributed by atoms with Gasteiger partial charge >= 0.3 is 12.2 Å². The van der Waals surface area contributed by atoms with Gasteiger partial charge in [0.1, 0.15) is 37.1 Å². The Hall–Kier alpha value is -5.28. The molecule has 0 aromatic heterocycles. The van der Waals surface area contributed by atoms with Crippen LogP contribution in [0.25, 0.3) is 0 Å². The quantitative estimate of drug-likeness (QED) is 0.0312. The molecule has 3 aromatic rings. The standard InChI is InChI=1S/C58H80FN3O10/c1-4-6-7-8-9-10-11-12-13-19-32-60-56(65)71-47-30-31-52-50(39-47)54-48(25-18-21-34-64)45(24-17-20-33-63)38-49-51(61-67-3)40-53(58(72-52,55(49)54)70-35-5-2)62(41-43-26-28-46(59)29-27-43)57(66)69-37-36-68-42-44-22-15-14-16-23-44/h5,14-16,22-23,26-31,38-39,45,48,53-55,63-64H,2,4,6-13,17-21,24-25,32-37,40-42H2,1,3H3,(H,60,65). The van der Waals surface area contributed by atoms with Gasteiger partial charge in [0.25, 0.3) is 0 Å². The van der Waals surface area contributed by atoms with Crippen LogP contribution >= 0.6 is 0 Å². The van der Waals surface area contributed by atoms with Crippen molar-refractivity contribution in [1.29, 1.82) is 0 Å². The lowest BCUT2D eigenvalue weighted by atomic mass is 9.55. The summed E-state index contributed by atoms with van der Waals surface area (Å²) in [6.45, 7) is 7.38. The summed E-state index contributed by atoms with van der Waals surface area (Å²) in [4.78, 5) is 35.4. The average Bonchev–Trinajstić information content (AvgIpc) is 3.39. The van der Waals surface area contributed by atoms with E-state index in [1.807, 2.05) is 42.5 Å². The van der Waals surface area contributed by atoms with Crippen LogP contribution in [0.1, 0.15) is 139 Å². The van der Waals surface area contributed by atoms with E-state index in [4.69, 9.17) is 28.5 Å². The molecule has 0 saturated heterocycles. The van der Waals surface area contributed by atoms with Crippen LogP contribution in [0.3, 0.4) is 0 Å². The highest BCUT2D eigenvalue weighted by molar-refractivity contribution is 6.03. The van der Waals surface area contributed by atoms with Gasteiger partial charge in [0.05, 0.1) is 31.5 Å². The first kappa shape index (κ1) is 56.0. The highest BCUT2D eigenvalue weighted by Crippen LogP contribution is 2.62. The molecule has 3 aromatic carbocycles. The summed E-state index contributed by atoms with van der Waals surface area (Å²) in [7, 11) is 1.49. The molecule has 394 valence electrons. The van der Waals surface area contributed by atoms with Crippen LogP contribution in [-0.4, -0.2) is 91.5 Å². The van der Waals surface area contributed by atoms with Crippen LogP contribution < -0.4 is 14.8 Å². The Bertz CT molecular complexity index is 2170. The molecule has 0 spiro atoms. The third-order valence-corrected chi connectivity index (χ3v) is 14.3. The van der Waals surface area contributed by atoms with E-state index < -0.39 is 35.8 Å². The van der Waals surface area contributed by atoms with Crippen molar-refractivity contribution in [3.05, 3.63) is 120 Å². The number of nitrogens with one attached hydrogen (secondary N) is 1.